The molecule has 0 unspecified atom stereocenters. The number of carbonyl (C=O) groups is 2. The minimum atomic E-state index is -0.587. The molecule has 0 aliphatic rings. The molecular formula is C19H22N2O3. The van der Waals surface area contributed by atoms with Crippen LogP contribution in [0.4, 0.5) is 0 Å². The summed E-state index contributed by atoms with van der Waals surface area (Å²) in [5.41, 5.74) is 2.03. The molecule has 5 nitrogen and oxygen atoms in total. The Labute approximate surface area is 142 Å². The van der Waals surface area contributed by atoms with Crippen molar-refractivity contribution in [2.45, 2.75) is 13.0 Å². The van der Waals surface area contributed by atoms with Crippen LogP contribution in [0.2, 0.25) is 0 Å². The highest BCUT2D eigenvalue weighted by molar-refractivity contribution is 6.34. The molecule has 0 heterocycles. The third kappa shape index (κ3) is 5.12. The lowest BCUT2D eigenvalue weighted by molar-refractivity contribution is -0.145. The van der Waals surface area contributed by atoms with Crippen LogP contribution < -0.4 is 10.1 Å². The minimum Gasteiger partial charge on any atom is -0.497 e. The smallest absolute Gasteiger partial charge is 0.311 e. The summed E-state index contributed by atoms with van der Waals surface area (Å²) in [4.78, 5) is 25.5. The number of ether oxygens (including phenoxy) is 1. The highest BCUT2D eigenvalue weighted by Gasteiger charge is 2.18. The summed E-state index contributed by atoms with van der Waals surface area (Å²) in [5, 5.41) is 2.66. The summed E-state index contributed by atoms with van der Waals surface area (Å²) in [7, 11) is 3.24. The summed E-state index contributed by atoms with van der Waals surface area (Å²) < 4.78 is 5.16. The molecular weight excluding hydrogens is 304 g/mol. The van der Waals surface area contributed by atoms with Gasteiger partial charge >= 0.3 is 11.8 Å². The molecule has 126 valence electrons. The molecule has 2 aromatic rings. The van der Waals surface area contributed by atoms with Crippen molar-refractivity contribution in [2.75, 3.05) is 20.7 Å². The van der Waals surface area contributed by atoms with Crippen molar-refractivity contribution >= 4 is 11.8 Å². The Hall–Kier alpha value is -2.82. The standard InChI is InChI=1S/C19H22N2O3/c1-21(14-16-7-4-3-5-8-16)19(23)18(22)20-12-11-15-9-6-10-17(13-15)24-2/h3-10,13H,11-12,14H2,1-2H3,(H,20,22). The quantitative estimate of drug-likeness (QED) is 0.826. The first-order chi connectivity index (χ1) is 11.6. The highest BCUT2D eigenvalue weighted by Crippen LogP contribution is 2.12. The molecule has 2 rings (SSSR count). The summed E-state index contributed by atoms with van der Waals surface area (Å²) in [6, 6.07) is 17.2. The lowest BCUT2D eigenvalue weighted by Gasteiger charge is -2.16. The average molecular weight is 326 g/mol. The van der Waals surface area contributed by atoms with E-state index in [9.17, 15) is 9.59 Å². The first-order valence-electron chi connectivity index (χ1n) is 7.80. The van der Waals surface area contributed by atoms with Crippen molar-refractivity contribution in [3.05, 3.63) is 65.7 Å². The minimum absolute atomic E-state index is 0.400. The maximum absolute atomic E-state index is 12.1. The Kier molecular flexibility index (Phi) is 6.37. The van der Waals surface area contributed by atoms with E-state index in [1.165, 1.54) is 4.90 Å². The Morgan fingerprint density at radius 1 is 1.04 bits per heavy atom. The fourth-order valence-corrected chi connectivity index (χ4v) is 2.33. The number of benzene rings is 2. The van der Waals surface area contributed by atoms with E-state index in [1.54, 1.807) is 14.2 Å². The van der Waals surface area contributed by atoms with Crippen molar-refractivity contribution in [3.8, 4) is 5.75 Å². The van der Waals surface area contributed by atoms with E-state index in [0.717, 1.165) is 16.9 Å². The second-order valence-corrected chi connectivity index (χ2v) is 5.50. The van der Waals surface area contributed by atoms with Gasteiger partial charge in [0.1, 0.15) is 5.75 Å². The molecule has 5 heteroatoms. The summed E-state index contributed by atoms with van der Waals surface area (Å²) in [6.45, 7) is 0.805. The van der Waals surface area contributed by atoms with E-state index < -0.39 is 11.8 Å². The van der Waals surface area contributed by atoms with Gasteiger partial charge in [-0.05, 0) is 29.7 Å². The van der Waals surface area contributed by atoms with Gasteiger partial charge in [0, 0.05) is 20.1 Å². The lowest BCUT2D eigenvalue weighted by atomic mass is 10.1. The molecule has 0 aliphatic heterocycles. The first-order valence-corrected chi connectivity index (χ1v) is 7.80. The van der Waals surface area contributed by atoms with Crippen LogP contribution in [0.3, 0.4) is 0 Å². The molecule has 0 saturated heterocycles. The molecule has 0 saturated carbocycles. The van der Waals surface area contributed by atoms with E-state index >= 15 is 0 Å². The van der Waals surface area contributed by atoms with Crippen molar-refractivity contribution in [1.82, 2.24) is 10.2 Å². The predicted molar refractivity (Wildman–Crippen MR) is 92.6 cm³/mol. The van der Waals surface area contributed by atoms with Gasteiger partial charge in [0.05, 0.1) is 7.11 Å². The van der Waals surface area contributed by atoms with Gasteiger partial charge in [0.25, 0.3) is 0 Å². The van der Waals surface area contributed by atoms with Crippen LogP contribution in [0.5, 0.6) is 5.75 Å². The van der Waals surface area contributed by atoms with Crippen molar-refractivity contribution < 1.29 is 14.3 Å². The fraction of sp³-hybridized carbons (Fsp3) is 0.263. The van der Waals surface area contributed by atoms with Crippen molar-refractivity contribution in [1.29, 1.82) is 0 Å². The number of hydrogen-bond donors (Lipinski definition) is 1. The highest BCUT2D eigenvalue weighted by atomic mass is 16.5. The third-order valence-electron chi connectivity index (χ3n) is 3.64. The van der Waals surface area contributed by atoms with E-state index in [0.29, 0.717) is 19.5 Å². The molecule has 0 aliphatic carbocycles. The zero-order valence-electron chi connectivity index (χ0n) is 14.0. The van der Waals surface area contributed by atoms with E-state index in [2.05, 4.69) is 5.32 Å². The molecule has 0 atom stereocenters. The van der Waals surface area contributed by atoms with Gasteiger partial charge in [-0.1, -0.05) is 42.5 Å². The summed E-state index contributed by atoms with van der Waals surface area (Å²) >= 11 is 0. The molecule has 0 bridgehead atoms. The number of rotatable bonds is 6. The lowest BCUT2D eigenvalue weighted by Crippen LogP contribution is -2.41. The van der Waals surface area contributed by atoms with E-state index in [-0.39, 0.29) is 0 Å². The number of nitrogens with one attached hydrogen (secondary N) is 1. The van der Waals surface area contributed by atoms with Gasteiger partial charge in [-0.15, -0.1) is 0 Å². The molecule has 24 heavy (non-hydrogen) atoms. The number of methoxy groups -OCH3 is 1. The van der Waals surface area contributed by atoms with Gasteiger partial charge < -0.3 is 15.0 Å². The SMILES string of the molecule is COc1cccc(CCNC(=O)C(=O)N(C)Cc2ccccc2)c1. The van der Waals surface area contributed by atoms with Crippen LogP contribution in [0.25, 0.3) is 0 Å². The monoisotopic (exact) mass is 326 g/mol. The van der Waals surface area contributed by atoms with Gasteiger partial charge in [0.15, 0.2) is 0 Å². The van der Waals surface area contributed by atoms with Crippen LogP contribution in [0.15, 0.2) is 54.6 Å². The maximum atomic E-state index is 12.1. The normalized spacial score (nSPS) is 10.1. The predicted octanol–water partition coefficient (Wildman–Crippen LogP) is 2.01. The maximum Gasteiger partial charge on any atom is 0.311 e. The molecule has 0 aromatic heterocycles. The first kappa shape index (κ1) is 17.5. The topological polar surface area (TPSA) is 58.6 Å². The van der Waals surface area contributed by atoms with Crippen molar-refractivity contribution in [2.24, 2.45) is 0 Å². The Morgan fingerprint density at radius 3 is 2.46 bits per heavy atom. The largest absolute Gasteiger partial charge is 0.497 e. The molecule has 2 aromatic carbocycles. The number of hydrogen-bond acceptors (Lipinski definition) is 3. The van der Waals surface area contributed by atoms with Gasteiger partial charge in [0.2, 0.25) is 0 Å². The second-order valence-electron chi connectivity index (χ2n) is 5.50. The van der Waals surface area contributed by atoms with E-state index in [1.807, 2.05) is 54.6 Å². The average Bonchev–Trinajstić information content (AvgIpc) is 2.62. The van der Waals surface area contributed by atoms with Gasteiger partial charge in [-0.2, -0.15) is 0 Å². The number of nitrogens with zero attached hydrogens (tertiary/aromatic N) is 1. The van der Waals surface area contributed by atoms with Crippen LogP contribution in [0.1, 0.15) is 11.1 Å². The zero-order chi connectivity index (χ0) is 17.4. The Balaban J connectivity index is 1.79. The van der Waals surface area contributed by atoms with Crippen LogP contribution in [-0.2, 0) is 22.6 Å². The van der Waals surface area contributed by atoms with Crippen LogP contribution >= 0.6 is 0 Å². The van der Waals surface area contributed by atoms with Crippen LogP contribution in [-0.4, -0.2) is 37.4 Å². The molecule has 0 radical (unpaired) electrons. The molecule has 1 N–H and O–H groups in total. The van der Waals surface area contributed by atoms with Gasteiger partial charge in [-0.25, -0.2) is 0 Å². The summed E-state index contributed by atoms with van der Waals surface area (Å²) in [5.74, 6) is -0.349. The summed E-state index contributed by atoms with van der Waals surface area (Å²) in [6.07, 6.45) is 0.638. The van der Waals surface area contributed by atoms with Crippen LogP contribution in [0, 0.1) is 0 Å². The zero-order valence-corrected chi connectivity index (χ0v) is 14.0. The van der Waals surface area contributed by atoms with Gasteiger partial charge in [-0.3, -0.25) is 9.59 Å². The number of likely N-dealkylation sites (N-methyl/N-ethyl adjacent to an activating group) is 1. The second kappa shape index (κ2) is 8.72. The Morgan fingerprint density at radius 2 is 1.75 bits per heavy atom. The number of carbonyl (C=O) groups excluding carboxylic acids is 2. The number of amides is 2. The van der Waals surface area contributed by atoms with Crippen molar-refractivity contribution in [3.63, 3.8) is 0 Å². The third-order valence-corrected chi connectivity index (χ3v) is 3.64. The molecule has 2 amide bonds. The Bertz CT molecular complexity index is 686. The van der Waals surface area contributed by atoms with E-state index in [4.69, 9.17) is 4.74 Å². The molecule has 0 fully saturated rings. The fourth-order valence-electron chi connectivity index (χ4n) is 2.33. The molecule has 0 spiro atoms.